The fourth-order valence-electron chi connectivity index (χ4n) is 2.72. The Morgan fingerprint density at radius 1 is 1.04 bits per heavy atom. The second kappa shape index (κ2) is 5.97. The van der Waals surface area contributed by atoms with Gasteiger partial charge in [0.2, 0.25) is 0 Å². The van der Waals surface area contributed by atoms with Crippen molar-refractivity contribution in [2.45, 2.75) is 6.92 Å². The number of aromatic nitrogens is 1. The highest BCUT2D eigenvalue weighted by molar-refractivity contribution is 6.32. The van der Waals surface area contributed by atoms with Crippen LogP contribution in [0.5, 0.6) is 11.5 Å². The first-order valence-electron chi connectivity index (χ1n) is 7.07. The summed E-state index contributed by atoms with van der Waals surface area (Å²) >= 11 is 6.25. The van der Waals surface area contributed by atoms with E-state index in [0.29, 0.717) is 22.2 Å². The van der Waals surface area contributed by atoms with Gasteiger partial charge in [0.05, 0.1) is 24.9 Å². The number of methoxy groups -OCH3 is 2. The molecule has 0 radical (unpaired) electrons. The van der Waals surface area contributed by atoms with Crippen LogP contribution >= 0.6 is 11.6 Å². The zero-order chi connectivity index (χ0) is 16.6. The number of halogens is 1. The average Bonchev–Trinajstić information content (AvgIpc) is 2.91. The maximum absolute atomic E-state index is 11.6. The van der Waals surface area contributed by atoms with E-state index >= 15 is 0 Å². The van der Waals surface area contributed by atoms with Gasteiger partial charge in [0.15, 0.2) is 6.29 Å². The average molecular weight is 330 g/mol. The molecular formula is C18H16ClNO3. The number of hydrogen-bond donors (Lipinski definition) is 0. The second-order valence-electron chi connectivity index (χ2n) is 5.25. The van der Waals surface area contributed by atoms with Crippen LogP contribution in [0.25, 0.3) is 16.6 Å². The fourth-order valence-corrected chi connectivity index (χ4v) is 2.96. The molecule has 1 aromatic carbocycles. The molecule has 0 aliphatic carbocycles. The molecule has 0 saturated carbocycles. The Hall–Kier alpha value is -2.46. The number of carbonyl (C=O) groups is 1. The highest BCUT2D eigenvalue weighted by atomic mass is 35.5. The van der Waals surface area contributed by atoms with E-state index in [-0.39, 0.29) is 0 Å². The van der Waals surface area contributed by atoms with E-state index in [4.69, 9.17) is 21.1 Å². The number of carbonyl (C=O) groups excluding carboxylic acids is 1. The summed E-state index contributed by atoms with van der Waals surface area (Å²) in [5, 5.41) is 0.464. The van der Waals surface area contributed by atoms with E-state index in [2.05, 4.69) is 0 Å². The standard InChI is InChI=1S/C18H16ClNO3/c1-11-4-5-20-12(6-11)7-13(16(20)10-21)14-8-15(19)18(23-3)9-17(14)22-2/h4-10H,1-3H3. The van der Waals surface area contributed by atoms with Gasteiger partial charge in [-0.05, 0) is 36.8 Å². The predicted molar refractivity (Wildman–Crippen MR) is 91.1 cm³/mol. The van der Waals surface area contributed by atoms with E-state index in [1.807, 2.05) is 35.7 Å². The summed E-state index contributed by atoms with van der Waals surface area (Å²) < 4.78 is 12.5. The Balaban J connectivity index is 2.32. The van der Waals surface area contributed by atoms with Crippen molar-refractivity contribution >= 4 is 23.4 Å². The predicted octanol–water partition coefficient (Wildman–Crippen LogP) is 4.40. The third-order valence-electron chi connectivity index (χ3n) is 3.84. The zero-order valence-electron chi connectivity index (χ0n) is 13.1. The Labute approximate surface area is 139 Å². The summed E-state index contributed by atoms with van der Waals surface area (Å²) in [7, 11) is 3.12. The number of aryl methyl sites for hydroxylation is 1. The lowest BCUT2D eigenvalue weighted by Gasteiger charge is -2.11. The molecule has 0 bridgehead atoms. The molecule has 0 unspecified atom stereocenters. The van der Waals surface area contributed by atoms with Crippen LogP contribution in [0, 0.1) is 6.92 Å². The van der Waals surface area contributed by atoms with E-state index in [1.165, 1.54) is 0 Å². The monoisotopic (exact) mass is 329 g/mol. The molecular weight excluding hydrogens is 314 g/mol. The smallest absolute Gasteiger partial charge is 0.167 e. The van der Waals surface area contributed by atoms with Crippen molar-refractivity contribution in [1.29, 1.82) is 0 Å². The minimum Gasteiger partial charge on any atom is -0.496 e. The summed E-state index contributed by atoms with van der Waals surface area (Å²) in [6.45, 7) is 2.01. The van der Waals surface area contributed by atoms with Crippen LogP contribution in [0.15, 0.2) is 36.5 Å². The molecule has 0 saturated heterocycles. The summed E-state index contributed by atoms with van der Waals surface area (Å²) in [5.74, 6) is 1.13. The topological polar surface area (TPSA) is 39.9 Å². The third kappa shape index (κ3) is 2.55. The van der Waals surface area contributed by atoms with Crippen molar-refractivity contribution in [3.63, 3.8) is 0 Å². The van der Waals surface area contributed by atoms with Crippen LogP contribution in [0.3, 0.4) is 0 Å². The summed E-state index contributed by atoms with van der Waals surface area (Å²) in [5.41, 5.74) is 4.14. The number of aldehydes is 1. The third-order valence-corrected chi connectivity index (χ3v) is 4.14. The SMILES string of the molecule is COc1cc(OC)c(-c2cc3cc(C)ccn3c2C=O)cc1Cl. The minimum atomic E-state index is 0.464. The van der Waals surface area contributed by atoms with Crippen molar-refractivity contribution in [1.82, 2.24) is 4.40 Å². The van der Waals surface area contributed by atoms with Gasteiger partial charge in [-0.1, -0.05) is 11.6 Å². The molecule has 2 aromatic heterocycles. The number of benzene rings is 1. The van der Waals surface area contributed by atoms with Crippen LogP contribution < -0.4 is 9.47 Å². The van der Waals surface area contributed by atoms with Crippen LogP contribution in [-0.2, 0) is 0 Å². The summed E-state index contributed by atoms with van der Waals surface area (Å²) in [4.78, 5) is 11.6. The van der Waals surface area contributed by atoms with E-state index < -0.39 is 0 Å². The van der Waals surface area contributed by atoms with Crippen molar-refractivity contribution in [2.24, 2.45) is 0 Å². The lowest BCUT2D eigenvalue weighted by molar-refractivity contribution is 0.111. The molecule has 0 aliphatic heterocycles. The summed E-state index contributed by atoms with van der Waals surface area (Å²) in [6.07, 6.45) is 2.73. The van der Waals surface area contributed by atoms with Gasteiger partial charge < -0.3 is 13.9 Å². The van der Waals surface area contributed by atoms with Gasteiger partial charge >= 0.3 is 0 Å². The van der Waals surface area contributed by atoms with Gasteiger partial charge in [-0.2, -0.15) is 0 Å². The highest BCUT2D eigenvalue weighted by Gasteiger charge is 2.18. The zero-order valence-corrected chi connectivity index (χ0v) is 13.8. The lowest BCUT2D eigenvalue weighted by atomic mass is 10.0. The molecule has 0 N–H and O–H groups in total. The molecule has 4 nitrogen and oxygen atoms in total. The number of hydrogen-bond acceptors (Lipinski definition) is 3. The van der Waals surface area contributed by atoms with Gasteiger partial charge in [-0.15, -0.1) is 0 Å². The van der Waals surface area contributed by atoms with E-state index in [0.717, 1.165) is 28.5 Å². The van der Waals surface area contributed by atoms with Crippen LogP contribution in [0.2, 0.25) is 5.02 Å². The van der Waals surface area contributed by atoms with Gasteiger partial charge in [-0.25, -0.2) is 0 Å². The van der Waals surface area contributed by atoms with Crippen molar-refractivity contribution < 1.29 is 14.3 Å². The molecule has 0 fully saturated rings. The van der Waals surface area contributed by atoms with Crippen molar-refractivity contribution in [2.75, 3.05) is 14.2 Å². The maximum Gasteiger partial charge on any atom is 0.167 e. The first-order valence-corrected chi connectivity index (χ1v) is 7.45. The Morgan fingerprint density at radius 3 is 2.43 bits per heavy atom. The van der Waals surface area contributed by atoms with Crippen LogP contribution in [0.4, 0.5) is 0 Å². The molecule has 3 aromatic rings. The Bertz CT molecular complexity index is 899. The number of nitrogens with zero attached hydrogens (tertiary/aromatic N) is 1. The molecule has 3 rings (SSSR count). The Morgan fingerprint density at radius 2 is 1.78 bits per heavy atom. The van der Waals surface area contributed by atoms with Gasteiger partial charge in [0.1, 0.15) is 11.5 Å². The first kappa shape index (κ1) is 15.4. The number of ether oxygens (including phenoxy) is 2. The largest absolute Gasteiger partial charge is 0.496 e. The fraction of sp³-hybridized carbons (Fsp3) is 0.167. The van der Waals surface area contributed by atoms with Crippen LogP contribution in [0.1, 0.15) is 16.1 Å². The quantitative estimate of drug-likeness (QED) is 0.666. The molecule has 5 heteroatoms. The van der Waals surface area contributed by atoms with Gasteiger partial charge in [0.25, 0.3) is 0 Å². The second-order valence-corrected chi connectivity index (χ2v) is 5.65. The Kier molecular flexibility index (Phi) is 4.01. The first-order chi connectivity index (χ1) is 11.1. The molecule has 0 aliphatic rings. The highest BCUT2D eigenvalue weighted by Crippen LogP contribution is 2.40. The van der Waals surface area contributed by atoms with Crippen LogP contribution in [-0.4, -0.2) is 24.9 Å². The summed E-state index contributed by atoms with van der Waals surface area (Å²) in [6, 6.07) is 9.42. The number of rotatable bonds is 4. The van der Waals surface area contributed by atoms with E-state index in [9.17, 15) is 4.79 Å². The van der Waals surface area contributed by atoms with E-state index in [1.54, 1.807) is 26.4 Å². The number of fused-ring (bicyclic) bond motifs is 1. The molecule has 0 spiro atoms. The molecule has 0 amide bonds. The molecule has 2 heterocycles. The van der Waals surface area contributed by atoms with Crippen molar-refractivity contribution in [3.05, 3.63) is 52.8 Å². The molecule has 0 atom stereocenters. The number of pyridine rings is 1. The lowest BCUT2D eigenvalue weighted by Crippen LogP contribution is -1.95. The van der Waals surface area contributed by atoms with Gasteiger partial charge in [-0.3, -0.25) is 4.79 Å². The maximum atomic E-state index is 11.6. The minimum absolute atomic E-state index is 0.464. The normalized spacial score (nSPS) is 10.8. The van der Waals surface area contributed by atoms with Crippen molar-refractivity contribution in [3.8, 4) is 22.6 Å². The van der Waals surface area contributed by atoms with Gasteiger partial charge in [0, 0.05) is 28.9 Å². The molecule has 23 heavy (non-hydrogen) atoms. The molecule has 118 valence electrons.